The van der Waals surface area contributed by atoms with E-state index < -0.39 is 5.92 Å². The van der Waals surface area contributed by atoms with Gasteiger partial charge in [-0.2, -0.15) is 0 Å². The lowest BCUT2D eigenvalue weighted by Crippen LogP contribution is -2.60. The van der Waals surface area contributed by atoms with Crippen molar-refractivity contribution in [3.05, 3.63) is 34.6 Å². The Bertz CT molecular complexity index is 962. The molecule has 3 unspecified atom stereocenters. The summed E-state index contributed by atoms with van der Waals surface area (Å²) in [4.78, 5) is 37.7. The quantitative estimate of drug-likeness (QED) is 0.598. The summed E-state index contributed by atoms with van der Waals surface area (Å²) < 4.78 is 6.55. The Balaban J connectivity index is 1.91. The number of ketones is 3. The van der Waals surface area contributed by atoms with E-state index >= 15 is 0 Å². The molecule has 1 heterocycles. The molecule has 0 aromatic rings. The Morgan fingerprint density at radius 2 is 1.61 bits per heavy atom. The van der Waals surface area contributed by atoms with Crippen molar-refractivity contribution in [2.45, 2.75) is 86.7 Å². The van der Waals surface area contributed by atoms with Gasteiger partial charge < -0.3 is 4.74 Å². The number of rotatable bonds is 3. The number of Topliss-reactive ketones (excluding diaryl/α,β-unsaturated/α-hetero) is 3. The molecule has 0 aromatic heterocycles. The molecule has 0 spiro atoms. The van der Waals surface area contributed by atoms with E-state index in [0.717, 1.165) is 24.8 Å². The van der Waals surface area contributed by atoms with Crippen LogP contribution in [-0.4, -0.2) is 23.5 Å². The summed E-state index contributed by atoms with van der Waals surface area (Å²) >= 11 is 0. The number of ether oxygens (including phenoxy) is 1. The van der Waals surface area contributed by atoms with E-state index in [9.17, 15) is 14.4 Å². The highest BCUT2D eigenvalue weighted by Gasteiger charge is 2.63. The Morgan fingerprint density at radius 3 is 2.19 bits per heavy atom. The molecule has 3 aliphatic carbocycles. The van der Waals surface area contributed by atoms with Gasteiger partial charge in [-0.15, -0.1) is 0 Å². The summed E-state index contributed by atoms with van der Waals surface area (Å²) in [7, 11) is 0. The predicted octanol–water partition coefficient (Wildman–Crippen LogP) is 5.52. The number of hydrogen-bond donors (Lipinski definition) is 0. The second kappa shape index (κ2) is 7.02. The van der Waals surface area contributed by atoms with Gasteiger partial charge in [0.1, 0.15) is 17.6 Å². The van der Waals surface area contributed by atoms with Crippen LogP contribution in [0, 0.1) is 28.1 Å². The molecule has 4 nitrogen and oxygen atoms in total. The van der Waals surface area contributed by atoms with E-state index in [1.54, 1.807) is 6.08 Å². The fourth-order valence-electron chi connectivity index (χ4n) is 7.28. The summed E-state index contributed by atoms with van der Waals surface area (Å²) in [6.45, 7) is 14.1. The van der Waals surface area contributed by atoms with Gasteiger partial charge in [-0.05, 0) is 68.8 Å². The van der Waals surface area contributed by atoms with Gasteiger partial charge in [-0.3, -0.25) is 14.4 Å². The second-order valence-corrected chi connectivity index (χ2v) is 11.3. The average Bonchev–Trinajstić information content (AvgIpc) is 2.67. The van der Waals surface area contributed by atoms with Gasteiger partial charge in [0, 0.05) is 22.6 Å². The number of hydrogen-bond acceptors (Lipinski definition) is 4. The van der Waals surface area contributed by atoms with E-state index in [0.29, 0.717) is 16.9 Å². The Morgan fingerprint density at radius 1 is 0.935 bits per heavy atom. The molecule has 31 heavy (non-hydrogen) atoms. The first-order chi connectivity index (χ1) is 14.3. The molecule has 2 fully saturated rings. The molecule has 4 heteroatoms. The van der Waals surface area contributed by atoms with Crippen LogP contribution in [0.1, 0.15) is 80.6 Å². The number of carbonyl (C=O) groups is 3. The number of allylic oxidation sites excluding steroid dienone is 3. The van der Waals surface area contributed by atoms with Crippen LogP contribution in [0.2, 0.25) is 0 Å². The normalized spacial score (nSPS) is 38.6. The Kier molecular flexibility index (Phi) is 5.03. The van der Waals surface area contributed by atoms with Crippen LogP contribution >= 0.6 is 0 Å². The summed E-state index contributed by atoms with van der Waals surface area (Å²) in [6, 6.07) is 0. The molecule has 4 aliphatic rings. The predicted molar refractivity (Wildman–Crippen MR) is 120 cm³/mol. The van der Waals surface area contributed by atoms with Crippen molar-refractivity contribution in [1.82, 2.24) is 0 Å². The molecule has 0 bridgehead atoms. The molecule has 4 rings (SSSR count). The third-order valence-corrected chi connectivity index (χ3v) is 9.54. The van der Waals surface area contributed by atoms with E-state index in [2.05, 4.69) is 33.8 Å². The fourth-order valence-corrected chi connectivity index (χ4v) is 7.28. The molecular weight excluding hydrogens is 388 g/mol. The van der Waals surface area contributed by atoms with Crippen molar-refractivity contribution in [3.8, 4) is 0 Å². The molecule has 0 N–H and O–H groups in total. The smallest absolute Gasteiger partial charge is 0.160 e. The van der Waals surface area contributed by atoms with Crippen molar-refractivity contribution >= 4 is 17.3 Å². The van der Waals surface area contributed by atoms with Crippen molar-refractivity contribution in [3.63, 3.8) is 0 Å². The number of fused-ring (bicyclic) bond motifs is 4. The minimum Gasteiger partial charge on any atom is -0.489 e. The van der Waals surface area contributed by atoms with Gasteiger partial charge in [-0.25, -0.2) is 0 Å². The van der Waals surface area contributed by atoms with Crippen LogP contribution in [0.3, 0.4) is 0 Å². The van der Waals surface area contributed by atoms with Crippen LogP contribution in [-0.2, 0) is 19.1 Å². The van der Waals surface area contributed by atoms with Crippen molar-refractivity contribution in [2.24, 2.45) is 28.1 Å². The SMILES string of the molecule is CC(=O)C1=C(C(C)=O)C(C(C)=O)C=C2OC3CC[C@@]4(C)C(C)(C)CCC[C@]4(C)C3C=C21. The summed E-state index contributed by atoms with van der Waals surface area (Å²) in [5, 5.41) is 0. The molecule has 0 saturated heterocycles. The van der Waals surface area contributed by atoms with Gasteiger partial charge >= 0.3 is 0 Å². The van der Waals surface area contributed by atoms with E-state index in [1.807, 2.05) is 0 Å². The highest BCUT2D eigenvalue weighted by Crippen LogP contribution is 2.69. The zero-order valence-electron chi connectivity index (χ0n) is 20.1. The monoisotopic (exact) mass is 424 g/mol. The highest BCUT2D eigenvalue weighted by molar-refractivity contribution is 6.12. The van der Waals surface area contributed by atoms with Crippen LogP contribution in [0.4, 0.5) is 0 Å². The lowest BCUT2D eigenvalue weighted by molar-refractivity contribution is -0.178. The summed E-state index contributed by atoms with van der Waals surface area (Å²) in [6.07, 6.45) is 9.67. The van der Waals surface area contributed by atoms with Crippen molar-refractivity contribution in [1.29, 1.82) is 0 Å². The van der Waals surface area contributed by atoms with Crippen LogP contribution in [0.25, 0.3) is 0 Å². The molecule has 5 atom stereocenters. The highest BCUT2D eigenvalue weighted by atomic mass is 16.5. The standard InChI is InChI=1S/C27H36O4/c1-15(28)18-14-22-19(24(17(3)30)23(18)16(2)29)13-20-21(31-22)9-12-27(7)25(4,5)10-8-11-26(20,27)6/h13-14,18,20-21H,8-12H2,1-7H3/t18?,20?,21?,26-,27+/m1/s1. The molecule has 0 amide bonds. The van der Waals surface area contributed by atoms with Crippen molar-refractivity contribution in [2.75, 3.05) is 0 Å². The summed E-state index contributed by atoms with van der Waals surface area (Å²) in [5.41, 5.74) is 1.88. The third kappa shape index (κ3) is 2.97. The lowest BCUT2D eigenvalue weighted by Gasteiger charge is -2.66. The minimum absolute atomic E-state index is 0.0432. The first-order valence-corrected chi connectivity index (χ1v) is 11.7. The topological polar surface area (TPSA) is 60.4 Å². The fraction of sp³-hybridized carbons (Fsp3) is 0.667. The molecule has 0 radical (unpaired) electrons. The maximum atomic E-state index is 12.8. The maximum Gasteiger partial charge on any atom is 0.160 e. The molecular formula is C27H36O4. The largest absolute Gasteiger partial charge is 0.489 e. The first-order valence-electron chi connectivity index (χ1n) is 11.7. The maximum absolute atomic E-state index is 12.8. The minimum atomic E-state index is -0.710. The van der Waals surface area contributed by atoms with Gasteiger partial charge in [-0.1, -0.05) is 40.2 Å². The lowest BCUT2D eigenvalue weighted by atomic mass is 9.40. The van der Waals surface area contributed by atoms with E-state index in [-0.39, 0.29) is 45.6 Å². The van der Waals surface area contributed by atoms with Gasteiger partial charge in [0.25, 0.3) is 0 Å². The van der Waals surface area contributed by atoms with Crippen LogP contribution in [0.5, 0.6) is 0 Å². The molecule has 168 valence electrons. The van der Waals surface area contributed by atoms with Crippen molar-refractivity contribution < 1.29 is 19.1 Å². The molecule has 2 saturated carbocycles. The molecule has 1 aliphatic heterocycles. The second-order valence-electron chi connectivity index (χ2n) is 11.3. The zero-order chi connectivity index (χ0) is 22.9. The van der Waals surface area contributed by atoms with Gasteiger partial charge in [0.15, 0.2) is 11.6 Å². The third-order valence-electron chi connectivity index (χ3n) is 9.54. The zero-order valence-corrected chi connectivity index (χ0v) is 20.1. The first kappa shape index (κ1) is 22.2. The molecule has 0 aromatic carbocycles. The van der Waals surface area contributed by atoms with E-state index in [1.165, 1.54) is 33.6 Å². The van der Waals surface area contributed by atoms with Gasteiger partial charge in [0.05, 0.1) is 5.92 Å². The number of carbonyl (C=O) groups excluding carboxylic acids is 3. The van der Waals surface area contributed by atoms with Crippen LogP contribution < -0.4 is 0 Å². The Labute approximate surface area is 186 Å². The average molecular weight is 425 g/mol. The summed E-state index contributed by atoms with van der Waals surface area (Å²) in [5.74, 6) is -0.463. The Hall–Kier alpha value is -1.97. The van der Waals surface area contributed by atoms with E-state index in [4.69, 9.17) is 4.74 Å². The van der Waals surface area contributed by atoms with Crippen LogP contribution in [0.15, 0.2) is 34.6 Å². The van der Waals surface area contributed by atoms with Gasteiger partial charge in [0.2, 0.25) is 0 Å².